The molecule has 16 heteroatoms. The Kier molecular flexibility index (Phi) is 12.3. The van der Waals surface area contributed by atoms with E-state index < -0.39 is 41.5 Å². The van der Waals surface area contributed by atoms with Crippen molar-refractivity contribution in [2.75, 3.05) is 26.1 Å². The fourth-order valence-corrected chi connectivity index (χ4v) is 5.00. The molecule has 0 saturated heterocycles. The first-order chi connectivity index (χ1) is 18.8. The number of aromatic hydroxyl groups is 1. The number of hydrogen-bond donors (Lipinski definition) is 3. The quantitative estimate of drug-likeness (QED) is 0.109. The van der Waals surface area contributed by atoms with E-state index in [2.05, 4.69) is 15.2 Å². The van der Waals surface area contributed by atoms with Gasteiger partial charge in [0.15, 0.2) is 5.75 Å². The Morgan fingerprint density at radius 3 is 2.05 bits per heavy atom. The van der Waals surface area contributed by atoms with Gasteiger partial charge in [0.05, 0.1) is 23.1 Å². The molecule has 2 radical (unpaired) electrons. The number of rotatable bonds is 8. The van der Waals surface area contributed by atoms with Gasteiger partial charge >= 0.3 is 0 Å². The maximum atomic E-state index is 12.3. The number of methoxy groups -OCH3 is 1. The molecule has 0 heterocycles. The summed E-state index contributed by atoms with van der Waals surface area (Å²) < 4.78 is 73.3. The van der Waals surface area contributed by atoms with Crippen molar-refractivity contribution in [3.63, 3.8) is 0 Å². The Hall–Kier alpha value is -2.37. The Labute approximate surface area is 287 Å². The smallest absolute Gasteiger partial charge is 0.296 e. The van der Waals surface area contributed by atoms with Crippen molar-refractivity contribution < 1.29 is 35.8 Å². The van der Waals surface area contributed by atoms with Gasteiger partial charge in [-0.05, 0) is 53.4 Å². The van der Waals surface area contributed by atoms with Crippen molar-refractivity contribution in [3.05, 3.63) is 72.3 Å². The molecule has 4 aromatic rings. The van der Waals surface area contributed by atoms with Gasteiger partial charge in [0.25, 0.3) is 20.2 Å². The topological polar surface area (TPSA) is 179 Å². The summed E-state index contributed by atoms with van der Waals surface area (Å²) in [6.07, 6.45) is 1.40. The normalized spacial score (nSPS) is 11.8. The fraction of sp³-hybridized carbons (Fsp3) is 0.115. The van der Waals surface area contributed by atoms with E-state index in [0.717, 1.165) is 23.9 Å². The summed E-state index contributed by atoms with van der Waals surface area (Å²) in [6.45, 7) is 0. The van der Waals surface area contributed by atoms with E-state index in [4.69, 9.17) is 4.74 Å². The standard InChI is InChI=1S/C26H24N4O8S2.2Na/c1-30(2)18-10-8-16(9-11-18)15-27-21-14-19(39(32,33)34)12-17-13-23(40(35,36)37)25(26(31)24(17)21)29-28-20-6-4-5-7-22(20)38-3;;/h4-15,31H,1-3H3,(H,32,33,34)(H,35,36,37);;. The van der Waals surface area contributed by atoms with Crippen LogP contribution >= 0.6 is 0 Å². The van der Waals surface area contributed by atoms with Crippen LogP contribution in [0.3, 0.4) is 0 Å². The molecule has 0 bridgehead atoms. The molecule has 0 aliphatic heterocycles. The minimum atomic E-state index is -4.99. The summed E-state index contributed by atoms with van der Waals surface area (Å²) >= 11 is 0. The molecular weight excluding hydrogens is 606 g/mol. The predicted molar refractivity (Wildman–Crippen MR) is 162 cm³/mol. The van der Waals surface area contributed by atoms with Gasteiger partial charge in [-0.15, -0.1) is 10.2 Å². The molecule has 4 rings (SSSR count). The van der Waals surface area contributed by atoms with Crippen LogP contribution in [0.25, 0.3) is 10.8 Å². The second-order valence-electron chi connectivity index (χ2n) is 8.68. The predicted octanol–water partition coefficient (Wildman–Crippen LogP) is 4.52. The molecule has 42 heavy (non-hydrogen) atoms. The number of anilines is 1. The Morgan fingerprint density at radius 2 is 1.48 bits per heavy atom. The number of ether oxygens (including phenoxy) is 1. The Morgan fingerprint density at radius 1 is 0.833 bits per heavy atom. The van der Waals surface area contributed by atoms with Crippen LogP contribution in [0, 0.1) is 0 Å². The van der Waals surface area contributed by atoms with Crippen LogP contribution < -0.4 is 9.64 Å². The Bertz CT molecular complexity index is 1880. The van der Waals surface area contributed by atoms with Crippen LogP contribution in [0.1, 0.15) is 5.56 Å². The van der Waals surface area contributed by atoms with Crippen molar-refractivity contribution in [2.45, 2.75) is 9.79 Å². The van der Waals surface area contributed by atoms with E-state index in [0.29, 0.717) is 11.3 Å². The number of aliphatic imine (C=N–C) groups is 1. The summed E-state index contributed by atoms with van der Waals surface area (Å²) in [4.78, 5) is 4.75. The molecule has 4 aromatic carbocycles. The molecule has 0 aromatic heterocycles. The maximum Gasteiger partial charge on any atom is 0.296 e. The van der Waals surface area contributed by atoms with Crippen molar-refractivity contribution in [1.29, 1.82) is 0 Å². The monoisotopic (exact) mass is 630 g/mol. The first-order valence-electron chi connectivity index (χ1n) is 11.4. The zero-order chi connectivity index (χ0) is 29.2. The van der Waals surface area contributed by atoms with E-state index in [1.807, 2.05) is 31.1 Å². The first-order valence-corrected chi connectivity index (χ1v) is 14.3. The van der Waals surface area contributed by atoms with Crippen LogP contribution in [0.5, 0.6) is 11.5 Å². The van der Waals surface area contributed by atoms with Gasteiger partial charge < -0.3 is 14.7 Å². The second-order valence-corrected chi connectivity index (χ2v) is 11.5. The van der Waals surface area contributed by atoms with Crippen LogP contribution in [-0.4, -0.2) is 118 Å². The second kappa shape index (κ2) is 14.4. The number of phenolic OH excluding ortho intramolecular Hbond substituents is 1. The summed E-state index contributed by atoms with van der Waals surface area (Å²) in [5.41, 5.74) is 1.01. The van der Waals surface area contributed by atoms with Crippen LogP contribution in [0.15, 0.2) is 91.7 Å². The van der Waals surface area contributed by atoms with E-state index in [1.54, 1.807) is 30.3 Å². The number of phenols is 1. The molecule has 0 spiro atoms. The van der Waals surface area contributed by atoms with E-state index in [-0.39, 0.29) is 81.3 Å². The number of para-hydroxylation sites is 1. The molecular formula is C26H24N4Na2O8S2. The van der Waals surface area contributed by atoms with Crippen LogP contribution in [0.2, 0.25) is 0 Å². The van der Waals surface area contributed by atoms with E-state index in [1.165, 1.54) is 19.4 Å². The SMILES string of the molecule is COc1ccccc1N=Nc1c(S(=O)(=O)O)cc2cc(S(=O)(=O)O)cc(N=Cc3ccc(N(C)C)cc3)c2c1O.[Na].[Na]. The maximum absolute atomic E-state index is 12.3. The number of fused-ring (bicyclic) bond motifs is 1. The van der Waals surface area contributed by atoms with Crippen molar-refractivity contribution in [3.8, 4) is 11.5 Å². The molecule has 210 valence electrons. The largest absolute Gasteiger partial charge is 0.505 e. The zero-order valence-corrected chi connectivity index (χ0v) is 29.0. The van der Waals surface area contributed by atoms with Gasteiger partial charge in [-0.1, -0.05) is 24.3 Å². The van der Waals surface area contributed by atoms with Gasteiger partial charge in [0.1, 0.15) is 22.0 Å². The van der Waals surface area contributed by atoms with Crippen molar-refractivity contribution in [1.82, 2.24) is 0 Å². The third kappa shape index (κ3) is 8.17. The van der Waals surface area contributed by atoms with Gasteiger partial charge in [-0.2, -0.15) is 16.8 Å². The Balaban J connectivity index is 0.00000308. The van der Waals surface area contributed by atoms with Gasteiger partial charge in [0.2, 0.25) is 0 Å². The average molecular weight is 631 g/mol. The number of hydrogen-bond acceptors (Lipinski definition) is 10. The number of benzene rings is 4. The summed E-state index contributed by atoms with van der Waals surface area (Å²) in [6, 6.07) is 16.5. The molecule has 0 aliphatic rings. The molecule has 0 aliphatic carbocycles. The zero-order valence-electron chi connectivity index (χ0n) is 23.4. The third-order valence-electron chi connectivity index (χ3n) is 5.78. The van der Waals surface area contributed by atoms with Gasteiger partial charge in [0, 0.05) is 85.1 Å². The molecule has 12 nitrogen and oxygen atoms in total. The molecule has 0 atom stereocenters. The minimum absolute atomic E-state index is 0. The molecule has 0 fully saturated rings. The first kappa shape index (κ1) is 35.8. The summed E-state index contributed by atoms with van der Waals surface area (Å²) in [5.74, 6) is -0.441. The summed E-state index contributed by atoms with van der Waals surface area (Å²) in [7, 11) is -4.61. The average Bonchev–Trinajstić information content (AvgIpc) is 2.90. The summed E-state index contributed by atoms with van der Waals surface area (Å²) in [5, 5.41) is 18.8. The van der Waals surface area contributed by atoms with Crippen molar-refractivity contribution >= 4 is 119 Å². The molecule has 3 N–H and O–H groups in total. The fourth-order valence-electron chi connectivity index (χ4n) is 3.80. The molecule has 0 unspecified atom stereocenters. The minimum Gasteiger partial charge on any atom is -0.505 e. The molecule has 0 amide bonds. The third-order valence-corrected chi connectivity index (χ3v) is 7.48. The van der Waals surface area contributed by atoms with Gasteiger partial charge in [-0.25, -0.2) is 0 Å². The van der Waals surface area contributed by atoms with Crippen LogP contribution in [0.4, 0.5) is 22.7 Å². The number of nitrogens with zero attached hydrogens (tertiary/aromatic N) is 4. The van der Waals surface area contributed by atoms with Crippen molar-refractivity contribution in [2.24, 2.45) is 15.2 Å². The molecule has 0 saturated carbocycles. The van der Waals surface area contributed by atoms with Crippen LogP contribution in [-0.2, 0) is 20.2 Å². The number of azo groups is 1. The van der Waals surface area contributed by atoms with Gasteiger partial charge in [-0.3, -0.25) is 14.1 Å². The van der Waals surface area contributed by atoms with E-state index >= 15 is 0 Å². The van der Waals surface area contributed by atoms with E-state index in [9.17, 15) is 31.0 Å².